The topological polar surface area (TPSA) is 66.4 Å². The zero-order valence-electron chi connectivity index (χ0n) is 12.3. The molecular weight excluding hydrogens is 386 g/mol. The van der Waals surface area contributed by atoms with E-state index in [2.05, 4.69) is 4.72 Å². The number of nitrogens with one attached hydrogen (secondary N) is 1. The predicted octanol–water partition coefficient (Wildman–Crippen LogP) is 3.68. The Kier molecular flexibility index (Phi) is 5.10. The van der Waals surface area contributed by atoms with Crippen molar-refractivity contribution in [2.45, 2.75) is 10.5 Å². The molecule has 1 atom stereocenters. The van der Waals surface area contributed by atoms with Crippen LogP contribution in [0.5, 0.6) is 0 Å². The van der Waals surface area contributed by atoms with Crippen LogP contribution in [0.1, 0.15) is 10.4 Å². The lowest BCUT2D eigenvalue weighted by atomic mass is 9.95. The van der Waals surface area contributed by atoms with Crippen molar-refractivity contribution in [2.24, 2.45) is 0 Å². The van der Waals surface area contributed by atoms with Crippen molar-refractivity contribution in [3.63, 3.8) is 0 Å². The Labute approximate surface area is 153 Å². The number of halogens is 1. The fourth-order valence-electron chi connectivity index (χ4n) is 2.26. The zero-order valence-corrected chi connectivity index (χ0v) is 15.6. The summed E-state index contributed by atoms with van der Waals surface area (Å²) in [5.74, 6) is 0. The van der Waals surface area contributed by atoms with Gasteiger partial charge in [0.15, 0.2) is 0 Å². The van der Waals surface area contributed by atoms with Crippen LogP contribution in [-0.2, 0) is 15.6 Å². The van der Waals surface area contributed by atoms with E-state index in [1.807, 2.05) is 22.2 Å². The zero-order chi connectivity index (χ0) is 17.2. The Morgan fingerprint density at radius 1 is 1.17 bits per heavy atom. The van der Waals surface area contributed by atoms with Crippen LogP contribution >= 0.6 is 34.3 Å². The van der Waals surface area contributed by atoms with Gasteiger partial charge in [0.25, 0.3) is 0 Å². The average molecular weight is 400 g/mol. The molecule has 8 heteroatoms. The minimum absolute atomic E-state index is 0.0637. The summed E-state index contributed by atoms with van der Waals surface area (Å²) in [6, 6.07) is 11.4. The fraction of sp³-hybridized carbons (Fsp3) is 0.125. The molecule has 2 heterocycles. The summed E-state index contributed by atoms with van der Waals surface area (Å²) in [6.45, 7) is -0.168. The van der Waals surface area contributed by atoms with Gasteiger partial charge in [0.05, 0.1) is 4.90 Å². The third kappa shape index (κ3) is 3.56. The number of hydrogen-bond donors (Lipinski definition) is 2. The van der Waals surface area contributed by atoms with Crippen LogP contribution in [0, 0.1) is 0 Å². The molecule has 0 aliphatic rings. The van der Waals surface area contributed by atoms with Gasteiger partial charge in [0, 0.05) is 22.0 Å². The van der Waals surface area contributed by atoms with Crippen LogP contribution in [0.25, 0.3) is 0 Å². The van der Waals surface area contributed by atoms with E-state index in [1.165, 1.54) is 34.8 Å². The van der Waals surface area contributed by atoms with E-state index in [0.717, 1.165) is 0 Å². The molecule has 0 spiro atoms. The second kappa shape index (κ2) is 6.95. The van der Waals surface area contributed by atoms with Crippen molar-refractivity contribution >= 4 is 44.3 Å². The second-order valence-electron chi connectivity index (χ2n) is 5.13. The molecule has 2 aromatic heterocycles. The third-order valence-corrected chi connectivity index (χ3v) is 6.89. The highest BCUT2D eigenvalue weighted by molar-refractivity contribution is 7.89. The van der Waals surface area contributed by atoms with E-state index in [0.29, 0.717) is 15.5 Å². The van der Waals surface area contributed by atoms with Crippen molar-refractivity contribution in [3.05, 3.63) is 74.1 Å². The number of hydrogen-bond acceptors (Lipinski definition) is 5. The van der Waals surface area contributed by atoms with Gasteiger partial charge in [0.1, 0.15) is 5.60 Å². The molecule has 4 nitrogen and oxygen atoms in total. The normalized spacial score (nSPS) is 14.4. The molecule has 0 unspecified atom stereocenters. The molecule has 0 saturated heterocycles. The van der Waals surface area contributed by atoms with Gasteiger partial charge in [-0.1, -0.05) is 23.7 Å². The first kappa shape index (κ1) is 17.6. The first-order chi connectivity index (χ1) is 11.4. The number of aliphatic hydroxyl groups is 1. The monoisotopic (exact) mass is 399 g/mol. The SMILES string of the molecule is O=S(=O)(NC[C@@](O)(c1ccsc1)c1cccs1)c1cccc(Cl)c1. The van der Waals surface area contributed by atoms with Crippen molar-refractivity contribution in [2.75, 3.05) is 6.54 Å². The molecule has 1 aromatic carbocycles. The van der Waals surface area contributed by atoms with E-state index < -0.39 is 15.6 Å². The summed E-state index contributed by atoms with van der Waals surface area (Å²) >= 11 is 8.69. The van der Waals surface area contributed by atoms with Gasteiger partial charge >= 0.3 is 0 Å². The van der Waals surface area contributed by atoms with Crippen LogP contribution in [0.2, 0.25) is 5.02 Å². The second-order valence-corrected chi connectivity index (χ2v) is 9.06. The lowest BCUT2D eigenvalue weighted by molar-refractivity contribution is 0.0903. The molecule has 0 saturated carbocycles. The Hall–Kier alpha value is -1.22. The molecule has 3 rings (SSSR count). The maximum Gasteiger partial charge on any atom is 0.240 e. The first-order valence-electron chi connectivity index (χ1n) is 6.96. The van der Waals surface area contributed by atoms with Crippen LogP contribution in [0.3, 0.4) is 0 Å². The van der Waals surface area contributed by atoms with E-state index in [9.17, 15) is 13.5 Å². The quantitative estimate of drug-likeness (QED) is 0.664. The molecule has 0 aliphatic heterocycles. The highest BCUT2D eigenvalue weighted by Crippen LogP contribution is 2.34. The lowest BCUT2D eigenvalue weighted by Gasteiger charge is -2.26. The third-order valence-electron chi connectivity index (χ3n) is 3.55. The molecule has 0 fully saturated rings. The molecule has 3 aromatic rings. The average Bonchev–Trinajstić information content (AvgIpc) is 3.26. The summed E-state index contributed by atoms with van der Waals surface area (Å²) in [5, 5.41) is 17.0. The summed E-state index contributed by atoms with van der Waals surface area (Å²) in [7, 11) is -3.78. The van der Waals surface area contributed by atoms with Gasteiger partial charge in [-0.2, -0.15) is 11.3 Å². The Morgan fingerprint density at radius 2 is 2.00 bits per heavy atom. The van der Waals surface area contributed by atoms with Gasteiger partial charge in [-0.15, -0.1) is 11.3 Å². The molecule has 0 radical (unpaired) electrons. The van der Waals surface area contributed by atoms with Gasteiger partial charge in [-0.25, -0.2) is 13.1 Å². The van der Waals surface area contributed by atoms with Crippen LogP contribution < -0.4 is 4.72 Å². The van der Waals surface area contributed by atoms with Gasteiger partial charge in [-0.05, 0) is 46.5 Å². The van der Waals surface area contributed by atoms with E-state index in [1.54, 1.807) is 24.3 Å². The first-order valence-corrected chi connectivity index (χ1v) is 10.6. The molecule has 126 valence electrons. The highest BCUT2D eigenvalue weighted by atomic mass is 35.5. The van der Waals surface area contributed by atoms with Crippen molar-refractivity contribution < 1.29 is 13.5 Å². The van der Waals surface area contributed by atoms with Crippen molar-refractivity contribution in [1.82, 2.24) is 4.72 Å². The van der Waals surface area contributed by atoms with Crippen LogP contribution in [0.4, 0.5) is 0 Å². The minimum Gasteiger partial charge on any atom is -0.378 e. The molecular formula is C16H14ClNO3S3. The Morgan fingerprint density at radius 3 is 2.62 bits per heavy atom. The molecule has 0 amide bonds. The molecule has 0 aliphatic carbocycles. The summed E-state index contributed by atoms with van der Waals surface area (Å²) < 4.78 is 27.5. The largest absolute Gasteiger partial charge is 0.378 e. The molecule has 2 N–H and O–H groups in total. The summed E-state index contributed by atoms with van der Waals surface area (Å²) in [4.78, 5) is 0.739. The van der Waals surface area contributed by atoms with Gasteiger partial charge in [-0.3, -0.25) is 0 Å². The maximum absolute atomic E-state index is 12.5. The maximum atomic E-state index is 12.5. The van der Waals surface area contributed by atoms with Crippen molar-refractivity contribution in [3.8, 4) is 0 Å². The standard InChI is InChI=1S/C16H14ClNO3S3/c17-13-3-1-4-14(9-13)24(20,21)18-11-16(19,12-6-8-22-10-12)15-5-2-7-23-15/h1-10,18-19H,11H2/t16-/m1/s1. The fourth-order valence-corrected chi connectivity index (χ4v) is 5.19. The van der Waals surface area contributed by atoms with Crippen LogP contribution in [0.15, 0.2) is 63.5 Å². The number of thiophene rings is 2. The molecule has 24 heavy (non-hydrogen) atoms. The number of rotatable bonds is 6. The Bertz CT molecular complexity index is 872. The van der Waals surface area contributed by atoms with E-state index in [4.69, 9.17) is 11.6 Å². The predicted molar refractivity (Wildman–Crippen MR) is 98.3 cm³/mol. The molecule has 0 bridgehead atoms. The highest BCUT2D eigenvalue weighted by Gasteiger charge is 2.34. The number of sulfonamides is 1. The van der Waals surface area contributed by atoms with Crippen LogP contribution in [-0.4, -0.2) is 20.1 Å². The number of benzene rings is 1. The lowest BCUT2D eigenvalue weighted by Crippen LogP contribution is -2.40. The van der Waals surface area contributed by atoms with Gasteiger partial charge in [0.2, 0.25) is 10.0 Å². The van der Waals surface area contributed by atoms with Gasteiger partial charge < -0.3 is 5.11 Å². The van der Waals surface area contributed by atoms with E-state index >= 15 is 0 Å². The minimum atomic E-state index is -3.78. The van der Waals surface area contributed by atoms with E-state index in [-0.39, 0.29) is 11.4 Å². The van der Waals surface area contributed by atoms with Crippen molar-refractivity contribution in [1.29, 1.82) is 0 Å². The smallest absolute Gasteiger partial charge is 0.240 e. The summed E-state index contributed by atoms with van der Waals surface area (Å²) in [6.07, 6.45) is 0. The Balaban J connectivity index is 1.90. The summed E-state index contributed by atoms with van der Waals surface area (Å²) in [5.41, 5.74) is -0.761.